The van der Waals surface area contributed by atoms with Gasteiger partial charge in [-0.2, -0.15) is 0 Å². The van der Waals surface area contributed by atoms with Crippen molar-refractivity contribution < 1.29 is 9.47 Å². The van der Waals surface area contributed by atoms with E-state index >= 15 is 0 Å². The van der Waals surface area contributed by atoms with Gasteiger partial charge in [0, 0.05) is 32.1 Å². The lowest BCUT2D eigenvalue weighted by atomic mass is 10.0. The molecule has 0 amide bonds. The number of pyridine rings is 1. The van der Waals surface area contributed by atoms with E-state index < -0.39 is 0 Å². The maximum absolute atomic E-state index is 5.70. The van der Waals surface area contributed by atoms with Gasteiger partial charge in [0.05, 0.1) is 25.1 Å². The van der Waals surface area contributed by atoms with Crippen LogP contribution in [0.1, 0.15) is 12.8 Å². The van der Waals surface area contributed by atoms with E-state index in [4.69, 9.17) is 9.47 Å². The van der Waals surface area contributed by atoms with Gasteiger partial charge in [-0.05, 0) is 12.1 Å². The van der Waals surface area contributed by atoms with Crippen molar-refractivity contribution in [2.24, 2.45) is 0 Å². The standard InChI is InChI=1S/C12H16N2O2/c1-2-11(10-13-5-1)14-6-3-12(4-7-14)15-8-9-16-12/h1-2,5,10H,3-4,6-9H2. The summed E-state index contributed by atoms with van der Waals surface area (Å²) in [7, 11) is 0. The van der Waals surface area contributed by atoms with Crippen LogP contribution in [0.3, 0.4) is 0 Å². The van der Waals surface area contributed by atoms with Gasteiger partial charge in [0.2, 0.25) is 0 Å². The van der Waals surface area contributed by atoms with Crippen LogP contribution >= 0.6 is 0 Å². The van der Waals surface area contributed by atoms with Gasteiger partial charge in [0.15, 0.2) is 5.79 Å². The molecular weight excluding hydrogens is 204 g/mol. The molecule has 2 fully saturated rings. The van der Waals surface area contributed by atoms with Crippen LogP contribution in [0.2, 0.25) is 0 Å². The van der Waals surface area contributed by atoms with Crippen LogP contribution in [0.25, 0.3) is 0 Å². The van der Waals surface area contributed by atoms with Gasteiger partial charge in [0.1, 0.15) is 0 Å². The lowest BCUT2D eigenvalue weighted by molar-refractivity contribution is -0.169. The van der Waals surface area contributed by atoms with Crippen LogP contribution in [0, 0.1) is 0 Å². The number of aromatic nitrogens is 1. The average Bonchev–Trinajstić information content (AvgIpc) is 2.80. The van der Waals surface area contributed by atoms with Gasteiger partial charge < -0.3 is 14.4 Å². The lowest BCUT2D eigenvalue weighted by Gasteiger charge is -2.38. The first kappa shape index (κ1) is 10.1. The summed E-state index contributed by atoms with van der Waals surface area (Å²) in [6, 6.07) is 4.07. The number of piperidine rings is 1. The molecule has 0 N–H and O–H groups in total. The van der Waals surface area contributed by atoms with Gasteiger partial charge in [0.25, 0.3) is 0 Å². The van der Waals surface area contributed by atoms with E-state index in [9.17, 15) is 0 Å². The molecule has 4 nitrogen and oxygen atoms in total. The molecule has 2 aliphatic heterocycles. The highest BCUT2D eigenvalue weighted by Gasteiger charge is 2.39. The minimum atomic E-state index is -0.279. The van der Waals surface area contributed by atoms with E-state index in [2.05, 4.69) is 16.0 Å². The second kappa shape index (κ2) is 4.03. The van der Waals surface area contributed by atoms with Crippen molar-refractivity contribution in [1.82, 2.24) is 4.98 Å². The Bertz CT molecular complexity index is 339. The predicted molar refractivity (Wildman–Crippen MR) is 60.3 cm³/mol. The molecule has 3 heterocycles. The zero-order valence-electron chi connectivity index (χ0n) is 9.26. The third kappa shape index (κ3) is 1.79. The first-order chi connectivity index (χ1) is 7.88. The lowest BCUT2D eigenvalue weighted by Crippen LogP contribution is -2.45. The van der Waals surface area contributed by atoms with Crippen LogP contribution in [0.15, 0.2) is 24.5 Å². The molecule has 3 rings (SSSR count). The van der Waals surface area contributed by atoms with Crippen LogP contribution in [0.5, 0.6) is 0 Å². The topological polar surface area (TPSA) is 34.6 Å². The highest BCUT2D eigenvalue weighted by molar-refractivity contribution is 5.44. The third-order valence-corrected chi connectivity index (χ3v) is 3.35. The maximum atomic E-state index is 5.70. The fourth-order valence-corrected chi connectivity index (χ4v) is 2.43. The molecule has 0 aliphatic carbocycles. The molecule has 0 atom stereocenters. The number of hydrogen-bond acceptors (Lipinski definition) is 4. The van der Waals surface area contributed by atoms with E-state index in [-0.39, 0.29) is 5.79 Å². The summed E-state index contributed by atoms with van der Waals surface area (Å²) in [6.45, 7) is 3.44. The van der Waals surface area contributed by atoms with Crippen LogP contribution < -0.4 is 4.90 Å². The van der Waals surface area contributed by atoms with Crippen LogP contribution in [-0.2, 0) is 9.47 Å². The van der Waals surface area contributed by atoms with Crippen molar-refractivity contribution in [3.05, 3.63) is 24.5 Å². The molecule has 4 heteroatoms. The monoisotopic (exact) mass is 220 g/mol. The average molecular weight is 220 g/mol. The number of hydrogen-bond donors (Lipinski definition) is 0. The first-order valence-electron chi connectivity index (χ1n) is 5.81. The summed E-state index contributed by atoms with van der Waals surface area (Å²) in [4.78, 5) is 6.48. The quantitative estimate of drug-likeness (QED) is 0.717. The normalized spacial score (nSPS) is 23.9. The zero-order valence-corrected chi connectivity index (χ0v) is 9.26. The minimum Gasteiger partial charge on any atom is -0.370 e. The summed E-state index contributed by atoms with van der Waals surface area (Å²) in [5, 5.41) is 0. The third-order valence-electron chi connectivity index (χ3n) is 3.35. The number of nitrogens with zero attached hydrogens (tertiary/aromatic N) is 2. The van der Waals surface area contributed by atoms with Gasteiger partial charge >= 0.3 is 0 Å². The first-order valence-corrected chi connectivity index (χ1v) is 5.81. The molecule has 2 saturated heterocycles. The van der Waals surface area contributed by atoms with Crippen LogP contribution in [0.4, 0.5) is 5.69 Å². The van der Waals surface area contributed by atoms with Gasteiger partial charge in [-0.3, -0.25) is 4.98 Å². The van der Waals surface area contributed by atoms with E-state index in [0.717, 1.165) is 39.1 Å². The molecule has 0 unspecified atom stereocenters. The molecule has 86 valence electrons. The molecule has 1 aromatic heterocycles. The van der Waals surface area contributed by atoms with E-state index in [1.54, 1.807) is 6.20 Å². The Kier molecular flexibility index (Phi) is 2.53. The molecular formula is C12H16N2O2. The van der Waals surface area contributed by atoms with Gasteiger partial charge in [-0.15, -0.1) is 0 Å². The minimum absolute atomic E-state index is 0.279. The van der Waals surface area contributed by atoms with Crippen molar-refractivity contribution >= 4 is 5.69 Å². The highest BCUT2D eigenvalue weighted by Crippen LogP contribution is 2.32. The largest absolute Gasteiger partial charge is 0.370 e. The second-order valence-electron chi connectivity index (χ2n) is 4.31. The predicted octanol–water partition coefficient (Wildman–Crippen LogP) is 1.42. The number of ether oxygens (including phenoxy) is 2. The molecule has 2 aliphatic rings. The Labute approximate surface area is 95.2 Å². The second-order valence-corrected chi connectivity index (χ2v) is 4.31. The van der Waals surface area contributed by atoms with Crippen molar-refractivity contribution in [2.45, 2.75) is 18.6 Å². The Hall–Kier alpha value is -1.13. The highest BCUT2D eigenvalue weighted by atomic mass is 16.7. The van der Waals surface area contributed by atoms with Crippen molar-refractivity contribution in [3.63, 3.8) is 0 Å². The van der Waals surface area contributed by atoms with Crippen molar-refractivity contribution in [3.8, 4) is 0 Å². The molecule has 0 bridgehead atoms. The summed E-state index contributed by atoms with van der Waals surface area (Å²) < 4.78 is 11.4. The number of rotatable bonds is 1. The summed E-state index contributed by atoms with van der Waals surface area (Å²) in [5.74, 6) is -0.279. The fourth-order valence-electron chi connectivity index (χ4n) is 2.43. The smallest absolute Gasteiger partial charge is 0.171 e. The van der Waals surface area contributed by atoms with Crippen molar-refractivity contribution in [2.75, 3.05) is 31.2 Å². The molecule has 1 spiro atoms. The summed E-state index contributed by atoms with van der Waals surface area (Å²) >= 11 is 0. The Morgan fingerprint density at radius 2 is 1.94 bits per heavy atom. The Morgan fingerprint density at radius 1 is 1.19 bits per heavy atom. The van der Waals surface area contributed by atoms with Gasteiger partial charge in [-0.25, -0.2) is 0 Å². The molecule has 1 aromatic rings. The van der Waals surface area contributed by atoms with Crippen LogP contribution in [-0.4, -0.2) is 37.1 Å². The van der Waals surface area contributed by atoms with Crippen molar-refractivity contribution in [1.29, 1.82) is 0 Å². The number of anilines is 1. The van der Waals surface area contributed by atoms with E-state index in [1.165, 1.54) is 5.69 Å². The Balaban J connectivity index is 1.66. The zero-order chi connectivity index (χ0) is 10.8. The van der Waals surface area contributed by atoms with E-state index in [1.807, 2.05) is 12.3 Å². The molecule has 0 saturated carbocycles. The summed E-state index contributed by atoms with van der Waals surface area (Å²) in [5.41, 5.74) is 1.19. The van der Waals surface area contributed by atoms with E-state index in [0.29, 0.717) is 0 Å². The fraction of sp³-hybridized carbons (Fsp3) is 0.583. The summed E-state index contributed by atoms with van der Waals surface area (Å²) in [6.07, 6.45) is 5.61. The molecule has 16 heavy (non-hydrogen) atoms. The molecule has 0 aromatic carbocycles. The SMILES string of the molecule is c1cncc(N2CCC3(CC2)OCCO3)c1. The Morgan fingerprint density at radius 3 is 2.56 bits per heavy atom. The van der Waals surface area contributed by atoms with Gasteiger partial charge in [-0.1, -0.05) is 0 Å². The maximum Gasteiger partial charge on any atom is 0.171 e. The molecule has 0 radical (unpaired) electrons.